The maximum Gasteiger partial charge on any atom is 0.287 e. The number of rotatable bonds is 10. The van der Waals surface area contributed by atoms with Crippen LogP contribution in [0.2, 0.25) is 0 Å². The zero-order valence-corrected chi connectivity index (χ0v) is 18.8. The normalized spacial score (nSPS) is 15.2. The van der Waals surface area contributed by atoms with Gasteiger partial charge in [-0.25, -0.2) is 0 Å². The minimum Gasteiger partial charge on any atom is -0.363 e. The third kappa shape index (κ3) is 6.26. The Balaban J connectivity index is 1.76. The van der Waals surface area contributed by atoms with Gasteiger partial charge in [-0.2, -0.15) is 0 Å². The van der Waals surface area contributed by atoms with Gasteiger partial charge in [-0.3, -0.25) is 19.3 Å². The number of ketones is 1. The Hall–Kier alpha value is -2.99. The van der Waals surface area contributed by atoms with Crippen LogP contribution in [-0.4, -0.2) is 41.6 Å². The van der Waals surface area contributed by atoms with Crippen LogP contribution >= 0.6 is 0 Å². The van der Waals surface area contributed by atoms with Crippen molar-refractivity contribution in [3.63, 3.8) is 0 Å². The summed E-state index contributed by atoms with van der Waals surface area (Å²) >= 11 is 0. The molecule has 1 heterocycles. The molecule has 3 N–H and O–H groups in total. The summed E-state index contributed by atoms with van der Waals surface area (Å²) < 4.78 is 0. The van der Waals surface area contributed by atoms with E-state index >= 15 is 0 Å². The van der Waals surface area contributed by atoms with E-state index in [1.165, 1.54) is 24.8 Å². The number of piperidine rings is 1. The zero-order valence-electron chi connectivity index (χ0n) is 18.8. The van der Waals surface area contributed by atoms with Crippen molar-refractivity contribution in [1.82, 2.24) is 10.2 Å². The standard InChI is InChI=1S/C26H33N3O3/c1-2-3-11-23(24(30)25(27)31)28-26(32)22-10-6-5-9-21(22)20-14-12-19(13-15-20)18-29-16-7-4-8-17-29/h5-6,9-10,12-15,23H,2-4,7-8,11,16-18H2,1H3,(H2,27,31)(H,28,32). The molecule has 1 saturated heterocycles. The summed E-state index contributed by atoms with van der Waals surface area (Å²) in [6, 6.07) is 14.7. The quantitative estimate of drug-likeness (QED) is 0.557. The Morgan fingerprint density at radius 3 is 2.34 bits per heavy atom. The number of likely N-dealkylation sites (tertiary alicyclic amines) is 1. The molecular weight excluding hydrogens is 402 g/mol. The fraction of sp³-hybridized carbons (Fsp3) is 0.423. The number of nitrogens with zero attached hydrogens (tertiary/aromatic N) is 1. The summed E-state index contributed by atoms with van der Waals surface area (Å²) in [7, 11) is 0. The zero-order chi connectivity index (χ0) is 22.9. The average molecular weight is 436 g/mol. The van der Waals surface area contributed by atoms with Crippen LogP contribution in [0.25, 0.3) is 11.1 Å². The molecule has 3 rings (SSSR count). The molecule has 0 saturated carbocycles. The minimum atomic E-state index is -1.02. The molecular formula is C26H33N3O3. The average Bonchev–Trinajstić information content (AvgIpc) is 2.82. The third-order valence-corrected chi connectivity index (χ3v) is 6.00. The highest BCUT2D eigenvalue weighted by Crippen LogP contribution is 2.25. The lowest BCUT2D eigenvalue weighted by Gasteiger charge is -2.26. The first kappa shape index (κ1) is 23.7. The molecule has 2 aromatic rings. The Morgan fingerprint density at radius 1 is 1.00 bits per heavy atom. The highest BCUT2D eigenvalue weighted by Gasteiger charge is 2.25. The summed E-state index contributed by atoms with van der Waals surface area (Å²) in [4.78, 5) is 39.1. The van der Waals surface area contributed by atoms with Gasteiger partial charge in [-0.15, -0.1) is 0 Å². The van der Waals surface area contributed by atoms with E-state index in [2.05, 4.69) is 22.3 Å². The first-order chi connectivity index (χ1) is 15.5. The molecule has 0 radical (unpaired) electrons. The van der Waals surface area contributed by atoms with Crippen LogP contribution in [0.3, 0.4) is 0 Å². The molecule has 2 aromatic carbocycles. The highest BCUT2D eigenvalue weighted by atomic mass is 16.2. The Bertz CT molecular complexity index is 934. The van der Waals surface area contributed by atoms with Crippen LogP contribution < -0.4 is 11.1 Å². The number of Topliss-reactive ketones (excluding diaryl/α,β-unsaturated/α-hetero) is 1. The molecule has 170 valence electrons. The number of hydrogen-bond acceptors (Lipinski definition) is 4. The predicted molar refractivity (Wildman–Crippen MR) is 126 cm³/mol. The van der Waals surface area contributed by atoms with E-state index in [4.69, 9.17) is 5.73 Å². The van der Waals surface area contributed by atoms with Crippen LogP contribution in [0.1, 0.15) is 61.4 Å². The fourth-order valence-electron chi connectivity index (χ4n) is 4.18. The van der Waals surface area contributed by atoms with Gasteiger partial charge >= 0.3 is 0 Å². The van der Waals surface area contributed by atoms with Crippen molar-refractivity contribution < 1.29 is 14.4 Å². The SMILES string of the molecule is CCCCC(NC(=O)c1ccccc1-c1ccc(CN2CCCCC2)cc1)C(=O)C(N)=O. The lowest BCUT2D eigenvalue weighted by molar-refractivity contribution is -0.137. The monoisotopic (exact) mass is 435 g/mol. The van der Waals surface area contributed by atoms with Crippen molar-refractivity contribution in [3.05, 3.63) is 59.7 Å². The number of primary amides is 1. The number of hydrogen-bond donors (Lipinski definition) is 2. The topological polar surface area (TPSA) is 92.5 Å². The molecule has 1 aliphatic rings. The second-order valence-electron chi connectivity index (χ2n) is 8.48. The summed E-state index contributed by atoms with van der Waals surface area (Å²) in [6.45, 7) is 5.22. The molecule has 32 heavy (non-hydrogen) atoms. The van der Waals surface area contributed by atoms with Crippen molar-refractivity contribution in [3.8, 4) is 11.1 Å². The van der Waals surface area contributed by atoms with E-state index < -0.39 is 17.7 Å². The van der Waals surface area contributed by atoms with E-state index in [9.17, 15) is 14.4 Å². The predicted octanol–water partition coefficient (Wildman–Crippen LogP) is 3.68. The molecule has 1 atom stereocenters. The molecule has 0 bridgehead atoms. The highest BCUT2D eigenvalue weighted by molar-refractivity contribution is 6.38. The van der Waals surface area contributed by atoms with Gasteiger partial charge in [-0.05, 0) is 55.1 Å². The molecule has 6 heteroatoms. The number of unbranched alkanes of at least 4 members (excludes halogenated alkanes) is 1. The molecule has 1 fully saturated rings. The van der Waals surface area contributed by atoms with Gasteiger partial charge in [0.1, 0.15) is 0 Å². The lowest BCUT2D eigenvalue weighted by atomic mass is 9.97. The van der Waals surface area contributed by atoms with Crippen LogP contribution in [0.4, 0.5) is 0 Å². The van der Waals surface area contributed by atoms with Crippen LogP contribution in [0.5, 0.6) is 0 Å². The summed E-state index contributed by atoms with van der Waals surface area (Å²) in [5, 5.41) is 2.73. The van der Waals surface area contributed by atoms with E-state index in [1.54, 1.807) is 12.1 Å². The summed E-state index contributed by atoms with van der Waals surface area (Å²) in [6.07, 6.45) is 5.79. The van der Waals surface area contributed by atoms with E-state index in [-0.39, 0.29) is 5.91 Å². The molecule has 1 aliphatic heterocycles. The first-order valence-corrected chi connectivity index (χ1v) is 11.5. The van der Waals surface area contributed by atoms with Gasteiger partial charge in [0.25, 0.3) is 11.8 Å². The summed E-state index contributed by atoms with van der Waals surface area (Å²) in [5.74, 6) is -2.16. The van der Waals surface area contributed by atoms with Gasteiger partial charge in [0.2, 0.25) is 5.78 Å². The van der Waals surface area contributed by atoms with Gasteiger partial charge in [0, 0.05) is 12.1 Å². The second-order valence-corrected chi connectivity index (χ2v) is 8.48. The lowest BCUT2D eigenvalue weighted by Crippen LogP contribution is -2.46. The van der Waals surface area contributed by atoms with Gasteiger partial charge in [0.05, 0.1) is 6.04 Å². The number of nitrogens with two attached hydrogens (primary N) is 1. The van der Waals surface area contributed by atoms with Gasteiger partial charge < -0.3 is 11.1 Å². The van der Waals surface area contributed by atoms with Crippen LogP contribution in [0, 0.1) is 0 Å². The van der Waals surface area contributed by atoms with Crippen LogP contribution in [0.15, 0.2) is 48.5 Å². The first-order valence-electron chi connectivity index (χ1n) is 11.5. The largest absolute Gasteiger partial charge is 0.363 e. The van der Waals surface area contributed by atoms with Crippen molar-refractivity contribution in [1.29, 1.82) is 0 Å². The van der Waals surface area contributed by atoms with Crippen molar-refractivity contribution in [2.75, 3.05) is 13.1 Å². The number of nitrogens with one attached hydrogen (secondary N) is 1. The third-order valence-electron chi connectivity index (χ3n) is 6.00. The smallest absolute Gasteiger partial charge is 0.287 e. The molecule has 0 aliphatic carbocycles. The minimum absolute atomic E-state index is 0.381. The van der Waals surface area contributed by atoms with Crippen molar-refractivity contribution in [2.24, 2.45) is 5.73 Å². The van der Waals surface area contributed by atoms with E-state index in [0.29, 0.717) is 18.4 Å². The fourth-order valence-corrected chi connectivity index (χ4v) is 4.18. The molecule has 0 spiro atoms. The molecule has 0 aromatic heterocycles. The summed E-state index contributed by atoms with van der Waals surface area (Å²) in [5.41, 5.74) is 8.63. The molecule has 1 unspecified atom stereocenters. The number of amides is 2. The molecule has 6 nitrogen and oxygen atoms in total. The van der Waals surface area contributed by atoms with E-state index in [1.807, 2.05) is 31.2 Å². The van der Waals surface area contributed by atoms with Crippen LogP contribution in [-0.2, 0) is 16.1 Å². The maximum atomic E-state index is 13.0. The van der Waals surface area contributed by atoms with Gasteiger partial charge in [0.15, 0.2) is 0 Å². The van der Waals surface area contributed by atoms with Crippen molar-refractivity contribution in [2.45, 2.75) is 58.0 Å². The second kappa shape index (κ2) is 11.6. The number of benzene rings is 2. The number of carbonyl (C=O) groups excluding carboxylic acids is 3. The Morgan fingerprint density at radius 2 is 1.69 bits per heavy atom. The Labute approximate surface area is 190 Å². The van der Waals surface area contributed by atoms with Gasteiger partial charge in [-0.1, -0.05) is 68.7 Å². The van der Waals surface area contributed by atoms with E-state index in [0.717, 1.165) is 37.2 Å². The molecule has 2 amide bonds. The van der Waals surface area contributed by atoms with Crippen molar-refractivity contribution >= 4 is 17.6 Å². The maximum absolute atomic E-state index is 13.0. The Kier molecular flexibility index (Phi) is 8.56. The number of carbonyl (C=O) groups is 3.